The third-order valence-corrected chi connectivity index (χ3v) is 7.62. The van der Waals surface area contributed by atoms with Crippen molar-refractivity contribution in [3.63, 3.8) is 0 Å². The van der Waals surface area contributed by atoms with Crippen LogP contribution in [0.15, 0.2) is 53.4 Å². The van der Waals surface area contributed by atoms with Crippen molar-refractivity contribution in [2.24, 2.45) is 0 Å². The molecular formula is C25H29N5O5S. The van der Waals surface area contributed by atoms with E-state index < -0.39 is 10.0 Å². The van der Waals surface area contributed by atoms with Gasteiger partial charge >= 0.3 is 0 Å². The van der Waals surface area contributed by atoms with E-state index in [2.05, 4.69) is 15.3 Å². The van der Waals surface area contributed by atoms with E-state index in [0.717, 1.165) is 26.1 Å². The Kier molecular flexibility index (Phi) is 7.04. The summed E-state index contributed by atoms with van der Waals surface area (Å²) >= 11 is 0. The highest BCUT2D eigenvalue weighted by Crippen LogP contribution is 2.34. The summed E-state index contributed by atoms with van der Waals surface area (Å²) < 4.78 is 38.5. The second-order valence-corrected chi connectivity index (χ2v) is 10.5. The van der Waals surface area contributed by atoms with Gasteiger partial charge in [0.2, 0.25) is 17.7 Å². The molecule has 0 saturated heterocycles. The van der Waals surface area contributed by atoms with Crippen molar-refractivity contribution in [3.05, 3.63) is 48.5 Å². The monoisotopic (exact) mass is 511 g/mol. The standard InChI is InChI=1S/C25H29N5O5S/c1-29(2)13-12-23(31)26-16-6-8-18-19-15-17(7-9-20(19)27-21(18)14-16)36(32,33)30(3)22-10-11-24(34-4)28-25(22)35-5/h6-11,14-15,27H,12-13H2,1-5H3,(H,26,31). The van der Waals surface area contributed by atoms with Crippen LogP contribution >= 0.6 is 0 Å². The quantitative estimate of drug-likeness (QED) is 0.353. The minimum atomic E-state index is -3.92. The number of hydrogen-bond donors (Lipinski definition) is 2. The Hall–Kier alpha value is -3.83. The first-order valence-electron chi connectivity index (χ1n) is 11.2. The number of carbonyl (C=O) groups is 1. The van der Waals surface area contributed by atoms with Crippen molar-refractivity contribution in [2.45, 2.75) is 11.3 Å². The van der Waals surface area contributed by atoms with Crippen molar-refractivity contribution in [2.75, 3.05) is 51.5 Å². The Morgan fingerprint density at radius 2 is 1.75 bits per heavy atom. The number of sulfonamides is 1. The minimum Gasteiger partial charge on any atom is -0.481 e. The van der Waals surface area contributed by atoms with Crippen LogP contribution in [-0.4, -0.2) is 71.1 Å². The number of fused-ring (bicyclic) bond motifs is 3. The van der Waals surface area contributed by atoms with Crippen molar-refractivity contribution >= 4 is 49.1 Å². The fraction of sp³-hybridized carbons (Fsp3) is 0.280. The maximum Gasteiger partial charge on any atom is 0.264 e. The van der Waals surface area contributed by atoms with E-state index in [0.29, 0.717) is 24.5 Å². The van der Waals surface area contributed by atoms with Crippen LogP contribution in [0.1, 0.15) is 6.42 Å². The number of carbonyl (C=O) groups excluding carboxylic acids is 1. The molecule has 0 unspecified atom stereocenters. The van der Waals surface area contributed by atoms with Crippen molar-refractivity contribution in [1.29, 1.82) is 0 Å². The van der Waals surface area contributed by atoms with Gasteiger partial charge in [0.25, 0.3) is 10.0 Å². The zero-order chi connectivity index (χ0) is 26.0. The molecule has 0 spiro atoms. The Balaban J connectivity index is 1.66. The Morgan fingerprint density at radius 3 is 2.44 bits per heavy atom. The van der Waals surface area contributed by atoms with Crippen molar-refractivity contribution < 1.29 is 22.7 Å². The number of amides is 1. The van der Waals surface area contributed by atoms with E-state index in [4.69, 9.17) is 9.47 Å². The molecule has 11 heteroatoms. The predicted octanol–water partition coefficient (Wildman–Crippen LogP) is 3.45. The highest BCUT2D eigenvalue weighted by atomic mass is 32.2. The zero-order valence-electron chi connectivity index (χ0n) is 20.8. The van der Waals surface area contributed by atoms with Gasteiger partial charge in [0.1, 0.15) is 5.69 Å². The summed E-state index contributed by atoms with van der Waals surface area (Å²) in [6.07, 6.45) is 0.390. The first-order valence-corrected chi connectivity index (χ1v) is 12.7. The molecule has 2 aromatic heterocycles. The van der Waals surface area contributed by atoms with Gasteiger partial charge in [-0.05, 0) is 50.5 Å². The third-order valence-electron chi connectivity index (χ3n) is 5.85. The molecule has 2 heterocycles. The second kappa shape index (κ2) is 10.0. The number of hydrogen-bond acceptors (Lipinski definition) is 7. The summed E-state index contributed by atoms with van der Waals surface area (Å²) in [5, 5.41) is 4.51. The third kappa shape index (κ3) is 4.93. The summed E-state index contributed by atoms with van der Waals surface area (Å²) in [6, 6.07) is 13.6. The molecule has 0 fully saturated rings. The van der Waals surface area contributed by atoms with E-state index in [9.17, 15) is 13.2 Å². The first kappa shape index (κ1) is 25.3. The van der Waals surface area contributed by atoms with Gasteiger partial charge in [-0.25, -0.2) is 8.42 Å². The van der Waals surface area contributed by atoms with Gasteiger partial charge in [-0.1, -0.05) is 6.07 Å². The van der Waals surface area contributed by atoms with E-state index in [-0.39, 0.29) is 22.4 Å². The van der Waals surface area contributed by atoms with Gasteiger partial charge in [0, 0.05) is 53.6 Å². The number of aromatic amines is 1. The maximum atomic E-state index is 13.5. The normalized spacial score (nSPS) is 11.7. The summed E-state index contributed by atoms with van der Waals surface area (Å²) in [5.74, 6) is 0.377. The molecule has 0 bridgehead atoms. The van der Waals surface area contributed by atoms with E-state index in [1.807, 2.05) is 37.2 Å². The fourth-order valence-corrected chi connectivity index (χ4v) is 5.10. The van der Waals surface area contributed by atoms with Crippen LogP contribution in [0.25, 0.3) is 21.8 Å². The second-order valence-electron chi connectivity index (χ2n) is 8.55. The van der Waals surface area contributed by atoms with Crippen LogP contribution in [0.3, 0.4) is 0 Å². The van der Waals surface area contributed by atoms with Gasteiger partial charge < -0.3 is 24.7 Å². The molecule has 2 aromatic carbocycles. The Morgan fingerprint density at radius 1 is 0.972 bits per heavy atom. The number of ether oxygens (including phenoxy) is 2. The lowest BCUT2D eigenvalue weighted by Crippen LogP contribution is -2.27. The summed E-state index contributed by atoms with van der Waals surface area (Å²) in [6.45, 7) is 0.657. The van der Waals surface area contributed by atoms with E-state index >= 15 is 0 Å². The predicted molar refractivity (Wildman–Crippen MR) is 141 cm³/mol. The lowest BCUT2D eigenvalue weighted by molar-refractivity contribution is -0.116. The average Bonchev–Trinajstić information content (AvgIpc) is 3.23. The largest absolute Gasteiger partial charge is 0.481 e. The SMILES string of the molecule is COc1ccc(N(C)S(=O)(=O)c2ccc3[nH]c4cc(NC(=O)CCN(C)C)ccc4c3c2)c(OC)n1. The molecule has 0 aliphatic rings. The molecular weight excluding hydrogens is 482 g/mol. The Labute approximate surface area is 209 Å². The highest BCUT2D eigenvalue weighted by Gasteiger charge is 2.25. The first-order chi connectivity index (χ1) is 17.1. The highest BCUT2D eigenvalue weighted by molar-refractivity contribution is 7.92. The Bertz CT molecular complexity index is 1530. The number of nitrogens with one attached hydrogen (secondary N) is 2. The smallest absolute Gasteiger partial charge is 0.264 e. The molecule has 190 valence electrons. The number of methoxy groups -OCH3 is 2. The van der Waals surface area contributed by atoms with E-state index in [1.54, 1.807) is 30.3 Å². The van der Waals surface area contributed by atoms with Gasteiger partial charge in [-0.15, -0.1) is 0 Å². The van der Waals surface area contributed by atoms with Crippen molar-refractivity contribution in [3.8, 4) is 11.8 Å². The zero-order valence-corrected chi connectivity index (χ0v) is 21.6. The van der Waals surface area contributed by atoms with Gasteiger partial charge in [-0.3, -0.25) is 9.10 Å². The van der Waals surface area contributed by atoms with Gasteiger partial charge in [0.15, 0.2) is 0 Å². The van der Waals surface area contributed by atoms with Crippen LogP contribution in [0.5, 0.6) is 11.8 Å². The number of pyridine rings is 1. The molecule has 1 amide bonds. The van der Waals surface area contributed by atoms with E-state index in [1.165, 1.54) is 21.3 Å². The van der Waals surface area contributed by atoms with Gasteiger partial charge in [0.05, 0.1) is 19.1 Å². The van der Waals surface area contributed by atoms with Crippen molar-refractivity contribution in [1.82, 2.24) is 14.9 Å². The van der Waals surface area contributed by atoms with Crippen LogP contribution < -0.4 is 19.1 Å². The molecule has 0 aliphatic heterocycles. The molecule has 0 atom stereocenters. The van der Waals surface area contributed by atoms with Crippen LogP contribution in [0, 0.1) is 0 Å². The maximum absolute atomic E-state index is 13.5. The topological polar surface area (TPSA) is 117 Å². The number of nitrogens with zero attached hydrogens (tertiary/aromatic N) is 3. The molecule has 4 rings (SSSR count). The van der Waals surface area contributed by atoms with Crippen LogP contribution in [0.2, 0.25) is 0 Å². The molecule has 4 aromatic rings. The molecule has 36 heavy (non-hydrogen) atoms. The number of anilines is 2. The molecule has 0 aliphatic carbocycles. The van der Waals surface area contributed by atoms with Gasteiger partial charge in [-0.2, -0.15) is 4.98 Å². The number of rotatable bonds is 9. The molecule has 0 saturated carbocycles. The lowest BCUT2D eigenvalue weighted by Gasteiger charge is -2.21. The summed E-state index contributed by atoms with van der Waals surface area (Å²) in [7, 11) is 4.25. The number of H-pyrrole nitrogens is 1. The number of aromatic nitrogens is 2. The lowest BCUT2D eigenvalue weighted by atomic mass is 10.1. The molecule has 10 nitrogen and oxygen atoms in total. The molecule has 0 radical (unpaired) electrons. The average molecular weight is 512 g/mol. The minimum absolute atomic E-state index is 0.0703. The fourth-order valence-electron chi connectivity index (χ4n) is 3.88. The summed E-state index contributed by atoms with van der Waals surface area (Å²) in [5.41, 5.74) is 2.53. The summed E-state index contributed by atoms with van der Waals surface area (Å²) in [4.78, 5) is 21.8. The molecule has 2 N–H and O–H groups in total. The van der Waals surface area contributed by atoms with Crippen LogP contribution in [0.4, 0.5) is 11.4 Å². The van der Waals surface area contributed by atoms with Crippen LogP contribution in [-0.2, 0) is 14.8 Å². The number of benzene rings is 2.